The molecule has 2 heterocycles. The Hall–Kier alpha value is -0.0800. The predicted octanol–water partition coefficient (Wildman–Crippen LogP) is 1.55. The molecule has 0 spiro atoms. The standard InChI is InChI=1S/C7H13NO.C2H6/c1-7-2-3-9-6(4-7)5-8-7;1-2/h6,8H,2-5H2,1H3;1-2H3. The third-order valence-electron chi connectivity index (χ3n) is 2.44. The lowest BCUT2D eigenvalue weighted by Gasteiger charge is -2.28. The van der Waals surface area contributed by atoms with Gasteiger partial charge in [-0.1, -0.05) is 13.8 Å². The predicted molar refractivity (Wildman–Crippen MR) is 46.7 cm³/mol. The lowest BCUT2D eigenvalue weighted by atomic mass is 9.94. The van der Waals surface area contributed by atoms with Gasteiger partial charge in [-0.2, -0.15) is 0 Å². The minimum Gasteiger partial charge on any atom is -0.377 e. The molecule has 2 saturated heterocycles. The van der Waals surface area contributed by atoms with E-state index in [1.54, 1.807) is 0 Å². The molecule has 0 aliphatic carbocycles. The Labute approximate surface area is 69.3 Å². The molecule has 66 valence electrons. The largest absolute Gasteiger partial charge is 0.377 e. The van der Waals surface area contributed by atoms with E-state index in [2.05, 4.69) is 12.2 Å². The molecular weight excluding hydrogens is 138 g/mol. The summed E-state index contributed by atoms with van der Waals surface area (Å²) in [5.41, 5.74) is 0.420. The van der Waals surface area contributed by atoms with Gasteiger partial charge in [0.2, 0.25) is 0 Å². The zero-order valence-corrected chi connectivity index (χ0v) is 7.81. The van der Waals surface area contributed by atoms with E-state index in [1.807, 2.05) is 13.8 Å². The van der Waals surface area contributed by atoms with E-state index in [4.69, 9.17) is 4.74 Å². The van der Waals surface area contributed by atoms with Crippen LogP contribution < -0.4 is 5.32 Å². The number of hydrogen-bond acceptors (Lipinski definition) is 2. The third kappa shape index (κ3) is 1.94. The fourth-order valence-electron chi connectivity index (χ4n) is 1.77. The summed E-state index contributed by atoms with van der Waals surface area (Å²) in [6.07, 6.45) is 2.92. The highest BCUT2D eigenvalue weighted by atomic mass is 16.5. The highest BCUT2D eigenvalue weighted by molar-refractivity contribution is 4.96. The monoisotopic (exact) mass is 157 g/mol. The molecule has 0 saturated carbocycles. The third-order valence-corrected chi connectivity index (χ3v) is 2.44. The van der Waals surface area contributed by atoms with Crippen molar-refractivity contribution in [1.82, 2.24) is 5.32 Å². The van der Waals surface area contributed by atoms with Crippen molar-refractivity contribution in [2.24, 2.45) is 0 Å². The van der Waals surface area contributed by atoms with Crippen molar-refractivity contribution < 1.29 is 4.74 Å². The molecule has 0 radical (unpaired) electrons. The summed E-state index contributed by atoms with van der Waals surface area (Å²) in [6, 6.07) is 0. The van der Waals surface area contributed by atoms with Crippen LogP contribution >= 0.6 is 0 Å². The van der Waals surface area contributed by atoms with E-state index in [0.717, 1.165) is 13.2 Å². The molecule has 2 bridgehead atoms. The van der Waals surface area contributed by atoms with Crippen LogP contribution in [0, 0.1) is 0 Å². The number of hydrogen-bond donors (Lipinski definition) is 1. The van der Waals surface area contributed by atoms with Crippen LogP contribution in [0.25, 0.3) is 0 Å². The van der Waals surface area contributed by atoms with Gasteiger partial charge >= 0.3 is 0 Å². The van der Waals surface area contributed by atoms with Crippen molar-refractivity contribution in [1.29, 1.82) is 0 Å². The van der Waals surface area contributed by atoms with E-state index < -0.39 is 0 Å². The van der Waals surface area contributed by atoms with Crippen molar-refractivity contribution >= 4 is 0 Å². The first-order valence-electron chi connectivity index (χ1n) is 4.65. The van der Waals surface area contributed by atoms with Gasteiger partial charge in [0, 0.05) is 18.7 Å². The van der Waals surface area contributed by atoms with Gasteiger partial charge in [-0.3, -0.25) is 0 Å². The minimum atomic E-state index is 0.420. The van der Waals surface area contributed by atoms with Crippen molar-refractivity contribution in [2.45, 2.75) is 45.3 Å². The normalized spacial score (nSPS) is 41.2. The molecule has 2 aliphatic rings. The van der Waals surface area contributed by atoms with Crippen LogP contribution in [-0.2, 0) is 4.74 Å². The smallest absolute Gasteiger partial charge is 0.0717 e. The Morgan fingerprint density at radius 3 is 2.73 bits per heavy atom. The van der Waals surface area contributed by atoms with Gasteiger partial charge in [-0.25, -0.2) is 0 Å². The Balaban J connectivity index is 0.000000281. The number of rotatable bonds is 0. The van der Waals surface area contributed by atoms with Gasteiger partial charge in [0.05, 0.1) is 6.10 Å². The summed E-state index contributed by atoms with van der Waals surface area (Å²) in [6.45, 7) is 8.31. The van der Waals surface area contributed by atoms with Crippen LogP contribution in [-0.4, -0.2) is 24.8 Å². The van der Waals surface area contributed by atoms with Gasteiger partial charge in [-0.15, -0.1) is 0 Å². The molecule has 2 heteroatoms. The van der Waals surface area contributed by atoms with E-state index in [1.165, 1.54) is 12.8 Å². The highest BCUT2D eigenvalue weighted by Gasteiger charge is 2.38. The Morgan fingerprint density at radius 1 is 1.45 bits per heavy atom. The fourth-order valence-corrected chi connectivity index (χ4v) is 1.77. The topological polar surface area (TPSA) is 21.3 Å². The maximum absolute atomic E-state index is 5.47. The Bertz CT molecular complexity index is 123. The molecule has 0 amide bonds. The average molecular weight is 157 g/mol. The van der Waals surface area contributed by atoms with Crippen LogP contribution in [0.4, 0.5) is 0 Å². The molecule has 1 N–H and O–H groups in total. The second-order valence-electron chi connectivity index (χ2n) is 3.39. The SMILES string of the molecule is CC.CC12CCOC(CN1)C2. The molecule has 11 heavy (non-hydrogen) atoms. The first-order valence-corrected chi connectivity index (χ1v) is 4.65. The van der Waals surface area contributed by atoms with E-state index >= 15 is 0 Å². The molecule has 0 aromatic rings. The molecule has 2 fully saturated rings. The van der Waals surface area contributed by atoms with E-state index in [0.29, 0.717) is 11.6 Å². The summed E-state index contributed by atoms with van der Waals surface area (Å²) < 4.78 is 5.47. The van der Waals surface area contributed by atoms with Crippen LogP contribution in [0.3, 0.4) is 0 Å². The van der Waals surface area contributed by atoms with Crippen LogP contribution in [0.2, 0.25) is 0 Å². The van der Waals surface area contributed by atoms with Crippen molar-refractivity contribution in [2.75, 3.05) is 13.2 Å². The van der Waals surface area contributed by atoms with Crippen LogP contribution in [0.5, 0.6) is 0 Å². The Kier molecular flexibility index (Phi) is 2.90. The van der Waals surface area contributed by atoms with Crippen molar-refractivity contribution in [3.8, 4) is 0 Å². The van der Waals surface area contributed by atoms with Gasteiger partial charge in [0.25, 0.3) is 0 Å². The molecule has 2 unspecified atom stereocenters. The maximum atomic E-state index is 5.47. The first kappa shape index (κ1) is 9.01. The highest BCUT2D eigenvalue weighted by Crippen LogP contribution is 2.28. The second kappa shape index (κ2) is 3.55. The summed E-state index contributed by atoms with van der Waals surface area (Å²) >= 11 is 0. The molecule has 0 aromatic carbocycles. The van der Waals surface area contributed by atoms with Gasteiger partial charge in [-0.05, 0) is 19.8 Å². The lowest BCUT2D eigenvalue weighted by molar-refractivity contribution is 0.0257. The number of fused-ring (bicyclic) bond motifs is 2. The zero-order valence-electron chi connectivity index (χ0n) is 7.81. The lowest BCUT2D eigenvalue weighted by Crippen LogP contribution is -2.38. The average Bonchev–Trinajstić information content (AvgIpc) is 2.30. The van der Waals surface area contributed by atoms with Crippen LogP contribution in [0.15, 0.2) is 0 Å². The zero-order chi connectivity index (χ0) is 8.32. The van der Waals surface area contributed by atoms with E-state index in [9.17, 15) is 0 Å². The van der Waals surface area contributed by atoms with Crippen molar-refractivity contribution in [3.63, 3.8) is 0 Å². The maximum Gasteiger partial charge on any atom is 0.0717 e. The Morgan fingerprint density at radius 2 is 2.18 bits per heavy atom. The summed E-state index contributed by atoms with van der Waals surface area (Å²) in [4.78, 5) is 0. The number of ether oxygens (including phenoxy) is 1. The number of nitrogens with one attached hydrogen (secondary N) is 1. The van der Waals surface area contributed by atoms with Gasteiger partial charge in [0.15, 0.2) is 0 Å². The quantitative estimate of drug-likeness (QED) is 0.576. The minimum absolute atomic E-state index is 0.420. The van der Waals surface area contributed by atoms with Gasteiger partial charge in [0.1, 0.15) is 0 Å². The summed E-state index contributed by atoms with van der Waals surface area (Å²) in [5, 5.41) is 3.47. The van der Waals surface area contributed by atoms with Crippen LogP contribution in [0.1, 0.15) is 33.6 Å². The fraction of sp³-hybridized carbons (Fsp3) is 1.00. The molecular formula is C9H19NO. The first-order chi connectivity index (χ1) is 5.29. The summed E-state index contributed by atoms with van der Waals surface area (Å²) in [5.74, 6) is 0. The molecule has 2 atom stereocenters. The molecule has 2 rings (SSSR count). The van der Waals surface area contributed by atoms with Gasteiger partial charge < -0.3 is 10.1 Å². The van der Waals surface area contributed by atoms with Crippen molar-refractivity contribution in [3.05, 3.63) is 0 Å². The molecule has 2 nitrogen and oxygen atoms in total. The molecule has 0 aromatic heterocycles. The summed E-state index contributed by atoms with van der Waals surface area (Å²) in [7, 11) is 0. The van der Waals surface area contributed by atoms with E-state index in [-0.39, 0.29) is 0 Å². The second-order valence-corrected chi connectivity index (χ2v) is 3.39. The molecule has 2 aliphatic heterocycles.